The number of sulfonamides is 1. The van der Waals surface area contributed by atoms with Gasteiger partial charge in [0.15, 0.2) is 5.82 Å². The number of anilines is 2. The lowest BCUT2D eigenvalue weighted by Gasteiger charge is -2.59. The summed E-state index contributed by atoms with van der Waals surface area (Å²) in [4.78, 5) is 22.6. The Morgan fingerprint density at radius 1 is 1.19 bits per heavy atom. The van der Waals surface area contributed by atoms with E-state index in [1.165, 1.54) is 0 Å². The molecule has 2 aliphatic rings. The van der Waals surface area contributed by atoms with E-state index in [9.17, 15) is 26.4 Å². The first-order chi connectivity index (χ1) is 19.7. The van der Waals surface area contributed by atoms with E-state index in [0.717, 1.165) is 65.6 Å². The molecule has 0 bridgehead atoms. The summed E-state index contributed by atoms with van der Waals surface area (Å²) in [5.74, 6) is -4.88. The summed E-state index contributed by atoms with van der Waals surface area (Å²) in [5, 5.41) is 4.17. The number of likely N-dealkylation sites (tertiary alicyclic amines) is 2. The molecule has 0 radical (unpaired) electrons. The molecule has 0 unspecified atom stereocenters. The molecule has 17 heteroatoms. The van der Waals surface area contributed by atoms with Crippen molar-refractivity contribution < 1.29 is 35.6 Å². The van der Waals surface area contributed by atoms with Gasteiger partial charge in [-0.15, -0.1) is 11.3 Å². The second kappa shape index (κ2) is 11.4. The Hall–Kier alpha value is -2.69. The summed E-state index contributed by atoms with van der Waals surface area (Å²) in [6, 6.07) is 6.97. The third-order valence-corrected chi connectivity index (χ3v) is 9.72. The molecule has 0 saturated carbocycles. The number of carbonyl (C=O) groups is 1. The number of rotatable bonds is 9. The Labute approximate surface area is 252 Å². The van der Waals surface area contributed by atoms with Gasteiger partial charge in [-0.25, -0.2) is 14.2 Å². The average molecular weight is 669 g/mol. The molecule has 2 saturated heterocycles. The van der Waals surface area contributed by atoms with E-state index in [1.54, 1.807) is 6.07 Å². The number of benzene rings is 2. The second-order valence-electron chi connectivity index (χ2n) is 10.3. The van der Waals surface area contributed by atoms with E-state index in [4.69, 9.17) is 23.2 Å². The number of hydrogen-bond donors (Lipinski definition) is 1. The largest absolute Gasteiger partial charge is 0.493 e. The number of aromatic nitrogens is 1. The quantitative estimate of drug-likeness (QED) is 0.247. The summed E-state index contributed by atoms with van der Waals surface area (Å²) in [7, 11) is -3.15. The minimum absolute atomic E-state index is 0.00638. The number of carbonyl (C=O) groups excluding carboxylic acids is 1. The summed E-state index contributed by atoms with van der Waals surface area (Å²) in [6.45, 7) is 4.85. The van der Waals surface area contributed by atoms with Crippen molar-refractivity contribution in [2.75, 3.05) is 43.0 Å². The predicted molar refractivity (Wildman–Crippen MR) is 149 cm³/mol. The summed E-state index contributed by atoms with van der Waals surface area (Å²) in [5.41, 5.74) is 3.14. The van der Waals surface area contributed by atoms with Crippen LogP contribution in [0, 0.1) is 11.2 Å². The first-order valence-corrected chi connectivity index (χ1v) is 15.5. The van der Waals surface area contributed by atoms with Crippen molar-refractivity contribution >= 4 is 62.0 Å². The van der Waals surface area contributed by atoms with Gasteiger partial charge < -0.3 is 15.1 Å². The zero-order valence-electron chi connectivity index (χ0n) is 21.8. The third kappa shape index (κ3) is 6.17. The van der Waals surface area contributed by atoms with Gasteiger partial charge in [-0.05, 0) is 36.4 Å². The predicted octanol–water partition coefficient (Wildman–Crippen LogP) is 5.16. The SMILES string of the molecule is CN1CC2(C1)CN(Cc1cccc(Cl)c1CNc1cc(F)c(S(=O)(=O)N(OC(=O)C(F)(F)F)c3cscn3)cc1Cl)C2. The molecule has 2 aromatic carbocycles. The van der Waals surface area contributed by atoms with Gasteiger partial charge in [0, 0.05) is 55.1 Å². The van der Waals surface area contributed by atoms with Crippen molar-refractivity contribution in [3.05, 3.63) is 68.2 Å². The van der Waals surface area contributed by atoms with Crippen LogP contribution in [0.25, 0.3) is 0 Å². The number of halogens is 6. The molecule has 2 aliphatic heterocycles. The minimum atomic E-state index is -5.53. The highest BCUT2D eigenvalue weighted by Crippen LogP contribution is 2.40. The number of thiazole rings is 1. The lowest BCUT2D eigenvalue weighted by atomic mass is 9.73. The monoisotopic (exact) mass is 667 g/mol. The lowest BCUT2D eigenvalue weighted by Crippen LogP contribution is -2.70. The first kappa shape index (κ1) is 30.8. The second-order valence-corrected chi connectivity index (χ2v) is 13.5. The number of alkyl halides is 3. The van der Waals surface area contributed by atoms with Crippen molar-refractivity contribution in [1.29, 1.82) is 0 Å². The fourth-order valence-electron chi connectivity index (χ4n) is 5.28. The highest BCUT2D eigenvalue weighted by molar-refractivity contribution is 7.92. The van der Waals surface area contributed by atoms with Gasteiger partial charge in [0.05, 0.1) is 16.2 Å². The van der Waals surface area contributed by atoms with Crippen LogP contribution in [0.1, 0.15) is 11.1 Å². The van der Waals surface area contributed by atoms with Crippen molar-refractivity contribution in [2.24, 2.45) is 5.41 Å². The van der Waals surface area contributed by atoms with Crippen molar-refractivity contribution in [3.8, 4) is 0 Å². The molecule has 42 heavy (non-hydrogen) atoms. The summed E-state index contributed by atoms with van der Waals surface area (Å²) < 4.78 is 79.7. The van der Waals surface area contributed by atoms with Gasteiger partial charge in [-0.1, -0.05) is 39.8 Å². The van der Waals surface area contributed by atoms with E-state index in [1.807, 2.05) is 12.1 Å². The molecule has 5 rings (SSSR count). The van der Waals surface area contributed by atoms with Gasteiger partial charge in [0.2, 0.25) is 0 Å². The van der Waals surface area contributed by atoms with E-state index in [-0.39, 0.29) is 17.3 Å². The van der Waals surface area contributed by atoms with Crippen LogP contribution in [0.15, 0.2) is 46.1 Å². The standard InChI is InChI=1S/C25H23Cl2F4N5O4S2/c1-34-10-24(11-34)12-35(13-24)8-15-3-2-4-17(26)16(15)7-32-20-6-19(28)21(5-18(20)27)42(38,39)36(22-9-41-14-33-22)40-23(37)25(29,30)31/h2-6,9,14,32H,7-8,10-13H2,1H3. The highest BCUT2D eigenvalue weighted by atomic mass is 35.5. The lowest BCUT2D eigenvalue weighted by molar-refractivity contribution is -0.199. The molecule has 0 aliphatic carbocycles. The first-order valence-electron chi connectivity index (χ1n) is 12.3. The number of hydrogen-bond acceptors (Lipinski definition) is 9. The zero-order valence-corrected chi connectivity index (χ0v) is 24.9. The Bertz CT molecular complexity index is 1590. The Morgan fingerprint density at radius 2 is 1.90 bits per heavy atom. The van der Waals surface area contributed by atoms with Crippen molar-refractivity contribution in [2.45, 2.75) is 24.2 Å². The van der Waals surface area contributed by atoms with Crippen LogP contribution in [0.2, 0.25) is 10.0 Å². The number of nitrogens with zero attached hydrogens (tertiary/aromatic N) is 4. The van der Waals surface area contributed by atoms with Crippen molar-refractivity contribution in [1.82, 2.24) is 14.8 Å². The van der Waals surface area contributed by atoms with Crippen LogP contribution in [-0.4, -0.2) is 68.6 Å². The number of nitrogens with one attached hydrogen (secondary N) is 1. The van der Waals surface area contributed by atoms with Gasteiger partial charge in [0.1, 0.15) is 10.7 Å². The Balaban J connectivity index is 1.34. The summed E-state index contributed by atoms with van der Waals surface area (Å²) in [6.07, 6.45) is -5.53. The molecule has 3 heterocycles. The van der Waals surface area contributed by atoms with Crippen LogP contribution >= 0.6 is 34.5 Å². The van der Waals surface area contributed by atoms with E-state index < -0.39 is 43.2 Å². The molecule has 3 aromatic rings. The van der Waals surface area contributed by atoms with Crippen LogP contribution in [0.5, 0.6) is 0 Å². The van der Waals surface area contributed by atoms with Crippen LogP contribution < -0.4 is 9.79 Å². The van der Waals surface area contributed by atoms with Gasteiger partial charge in [0.25, 0.3) is 10.0 Å². The summed E-state index contributed by atoms with van der Waals surface area (Å²) >= 11 is 13.6. The molecule has 9 nitrogen and oxygen atoms in total. The topological polar surface area (TPSA) is 95.1 Å². The fraction of sp³-hybridized carbons (Fsp3) is 0.360. The molecule has 1 aromatic heterocycles. The van der Waals surface area contributed by atoms with Crippen LogP contribution in [-0.2, 0) is 32.7 Å². The van der Waals surface area contributed by atoms with E-state index in [0.29, 0.717) is 23.0 Å². The van der Waals surface area contributed by atoms with Gasteiger partial charge in [-0.2, -0.15) is 21.6 Å². The van der Waals surface area contributed by atoms with Gasteiger partial charge >= 0.3 is 12.1 Å². The van der Waals surface area contributed by atoms with Crippen LogP contribution in [0.4, 0.5) is 29.1 Å². The highest BCUT2D eigenvalue weighted by Gasteiger charge is 2.50. The van der Waals surface area contributed by atoms with Gasteiger partial charge in [-0.3, -0.25) is 4.90 Å². The molecule has 2 fully saturated rings. The molecular formula is C25H23Cl2F4N5O4S2. The molecular weight excluding hydrogens is 645 g/mol. The normalized spacial score (nSPS) is 17.0. The maximum Gasteiger partial charge on any atom is 0.493 e. The third-order valence-electron chi connectivity index (χ3n) is 6.92. The fourth-order valence-corrected chi connectivity index (χ4v) is 7.67. The molecule has 0 amide bonds. The maximum atomic E-state index is 15.2. The van der Waals surface area contributed by atoms with Crippen LogP contribution in [0.3, 0.4) is 0 Å². The van der Waals surface area contributed by atoms with E-state index in [2.05, 4.69) is 32.0 Å². The Kier molecular flexibility index (Phi) is 8.37. The molecule has 226 valence electrons. The minimum Gasteiger partial charge on any atom is -0.380 e. The smallest absolute Gasteiger partial charge is 0.380 e. The molecule has 1 N–H and O–H groups in total. The Morgan fingerprint density at radius 3 is 2.52 bits per heavy atom. The van der Waals surface area contributed by atoms with E-state index >= 15 is 4.39 Å². The molecule has 0 atom stereocenters. The molecule has 1 spiro atoms. The average Bonchev–Trinajstić information content (AvgIpc) is 3.40. The maximum absolute atomic E-state index is 15.2. The zero-order chi connectivity index (χ0) is 30.4. The van der Waals surface area contributed by atoms with Crippen molar-refractivity contribution in [3.63, 3.8) is 0 Å².